The summed E-state index contributed by atoms with van der Waals surface area (Å²) < 4.78 is 0. The molecule has 3 aliphatic rings. The van der Waals surface area contributed by atoms with Crippen LogP contribution in [0.3, 0.4) is 0 Å². The number of carbonyl (C=O) groups is 3. The summed E-state index contributed by atoms with van der Waals surface area (Å²) in [6.07, 6.45) is 0. The quantitative estimate of drug-likeness (QED) is 0.663. The van der Waals surface area contributed by atoms with Crippen LogP contribution in [0.1, 0.15) is 5.56 Å². The van der Waals surface area contributed by atoms with Gasteiger partial charge in [0.25, 0.3) is 0 Å². The first-order valence-corrected chi connectivity index (χ1v) is 9.29. The molecule has 2 saturated heterocycles. The number of amides is 3. The molecule has 0 unspecified atom stereocenters. The number of nitrogens with zero attached hydrogens (tertiary/aromatic N) is 1. The van der Waals surface area contributed by atoms with Crippen LogP contribution in [0.2, 0.25) is 5.02 Å². The van der Waals surface area contributed by atoms with Crippen LogP contribution in [0, 0.1) is 11.8 Å². The third-order valence-corrected chi connectivity index (χ3v) is 6.16. The highest BCUT2D eigenvalue weighted by molar-refractivity contribution is 6.31. The van der Waals surface area contributed by atoms with Crippen molar-refractivity contribution in [3.8, 4) is 0 Å². The van der Waals surface area contributed by atoms with Crippen LogP contribution >= 0.6 is 11.6 Å². The van der Waals surface area contributed by atoms with E-state index < -0.39 is 41.1 Å². The van der Waals surface area contributed by atoms with Gasteiger partial charge in [0, 0.05) is 22.3 Å². The van der Waals surface area contributed by atoms with Crippen molar-refractivity contribution in [1.29, 1.82) is 0 Å². The van der Waals surface area contributed by atoms with Gasteiger partial charge in [-0.1, -0.05) is 29.8 Å². The fourth-order valence-corrected chi connectivity index (χ4v) is 4.88. The summed E-state index contributed by atoms with van der Waals surface area (Å²) in [6, 6.07) is 12.8. The number of hydrogen-bond acceptors (Lipinski definition) is 5. The lowest BCUT2D eigenvalue weighted by atomic mass is 9.76. The number of nitrogens with one attached hydrogen (secondary N) is 2. The van der Waals surface area contributed by atoms with E-state index in [1.54, 1.807) is 48.5 Å². The highest BCUT2D eigenvalue weighted by Gasteiger charge is 2.70. The minimum atomic E-state index is -1.39. The van der Waals surface area contributed by atoms with E-state index in [4.69, 9.17) is 11.6 Å². The maximum absolute atomic E-state index is 13.4. The Kier molecular flexibility index (Phi) is 3.64. The van der Waals surface area contributed by atoms with Gasteiger partial charge in [0.2, 0.25) is 17.7 Å². The molecule has 0 saturated carbocycles. The second kappa shape index (κ2) is 5.88. The Balaban J connectivity index is 1.67. The van der Waals surface area contributed by atoms with Crippen LogP contribution in [-0.2, 0) is 19.9 Å². The molecule has 3 heterocycles. The van der Waals surface area contributed by atoms with Crippen LogP contribution in [0.15, 0.2) is 48.5 Å². The van der Waals surface area contributed by atoms with Crippen molar-refractivity contribution in [3.05, 3.63) is 59.1 Å². The summed E-state index contributed by atoms with van der Waals surface area (Å²) in [5, 5.41) is 16.3. The lowest BCUT2D eigenvalue weighted by Gasteiger charge is -2.29. The Morgan fingerprint density at radius 3 is 2.46 bits per heavy atom. The number of aliphatic hydroxyl groups excluding tert-OH is 1. The Morgan fingerprint density at radius 1 is 1.04 bits per heavy atom. The van der Waals surface area contributed by atoms with E-state index in [9.17, 15) is 19.5 Å². The van der Waals surface area contributed by atoms with Crippen LogP contribution in [0.5, 0.6) is 0 Å². The SMILES string of the molecule is O=C1[C@H]2[C@@H](C(=O)N1c1ccc(Cl)cc1)[C@@]1(N[C@@H]2CO)C(=O)Nc2ccccc21. The number of hydrogen-bond donors (Lipinski definition) is 3. The fraction of sp³-hybridized carbons (Fsp3) is 0.250. The summed E-state index contributed by atoms with van der Waals surface area (Å²) in [5.74, 6) is -3.08. The van der Waals surface area contributed by atoms with Crippen LogP contribution < -0.4 is 15.5 Å². The molecule has 2 fully saturated rings. The maximum Gasteiger partial charge on any atom is 0.250 e. The van der Waals surface area contributed by atoms with E-state index in [1.165, 1.54) is 0 Å². The van der Waals surface area contributed by atoms with Crippen molar-refractivity contribution in [2.75, 3.05) is 16.8 Å². The molecule has 3 N–H and O–H groups in total. The first-order chi connectivity index (χ1) is 13.5. The van der Waals surface area contributed by atoms with Crippen molar-refractivity contribution < 1.29 is 19.5 Å². The Morgan fingerprint density at radius 2 is 1.75 bits per heavy atom. The standard InChI is InChI=1S/C20H16ClN3O4/c21-10-5-7-11(8-6-10)24-17(26)15-14(9-25)23-20(16(15)18(24)27)12-3-1-2-4-13(12)22-19(20)28/h1-8,14-16,23,25H,9H2,(H,22,28)/t14-,15-,16+,20-/m1/s1. The number of rotatable bonds is 2. The number of anilines is 2. The van der Waals surface area contributed by atoms with E-state index in [0.29, 0.717) is 22.0 Å². The predicted molar refractivity (Wildman–Crippen MR) is 102 cm³/mol. The summed E-state index contributed by atoms with van der Waals surface area (Å²) in [5.41, 5.74) is 0.225. The average molecular weight is 398 g/mol. The molecule has 0 aromatic heterocycles. The topological polar surface area (TPSA) is 98.7 Å². The molecule has 5 rings (SSSR count). The molecule has 3 amide bonds. The zero-order valence-corrected chi connectivity index (χ0v) is 15.3. The zero-order chi connectivity index (χ0) is 19.6. The molecule has 8 heteroatoms. The first kappa shape index (κ1) is 17.4. The second-order valence-electron chi connectivity index (χ2n) is 7.23. The molecule has 0 radical (unpaired) electrons. The van der Waals surface area contributed by atoms with E-state index in [-0.39, 0.29) is 6.61 Å². The monoisotopic (exact) mass is 397 g/mol. The minimum Gasteiger partial charge on any atom is -0.395 e. The van der Waals surface area contributed by atoms with Gasteiger partial charge in [-0.15, -0.1) is 0 Å². The maximum atomic E-state index is 13.4. The van der Waals surface area contributed by atoms with E-state index in [1.807, 2.05) is 0 Å². The molecule has 2 aromatic carbocycles. The van der Waals surface area contributed by atoms with Gasteiger partial charge >= 0.3 is 0 Å². The van der Waals surface area contributed by atoms with Crippen LogP contribution in [-0.4, -0.2) is 35.5 Å². The molecule has 1 spiro atoms. The number of halogens is 1. The molecule has 7 nitrogen and oxygen atoms in total. The highest BCUT2D eigenvalue weighted by atomic mass is 35.5. The predicted octanol–water partition coefficient (Wildman–Crippen LogP) is 1.26. The van der Waals surface area contributed by atoms with Crippen molar-refractivity contribution in [3.63, 3.8) is 0 Å². The van der Waals surface area contributed by atoms with Crippen molar-refractivity contribution in [1.82, 2.24) is 5.32 Å². The lowest BCUT2D eigenvalue weighted by molar-refractivity contribution is -0.130. The molecule has 2 aromatic rings. The Labute approximate surface area is 165 Å². The van der Waals surface area contributed by atoms with E-state index in [2.05, 4.69) is 10.6 Å². The summed E-state index contributed by atoms with van der Waals surface area (Å²) in [7, 11) is 0. The van der Waals surface area contributed by atoms with E-state index >= 15 is 0 Å². The van der Waals surface area contributed by atoms with Gasteiger partial charge in [0.1, 0.15) is 5.54 Å². The third-order valence-electron chi connectivity index (χ3n) is 5.90. The Hall–Kier alpha value is -2.74. The highest BCUT2D eigenvalue weighted by Crippen LogP contribution is 2.53. The van der Waals surface area contributed by atoms with Crippen molar-refractivity contribution >= 4 is 40.7 Å². The minimum absolute atomic E-state index is 0.369. The van der Waals surface area contributed by atoms with Gasteiger partial charge in [-0.2, -0.15) is 0 Å². The van der Waals surface area contributed by atoms with Crippen LogP contribution in [0.4, 0.5) is 11.4 Å². The summed E-state index contributed by atoms with van der Waals surface area (Å²) >= 11 is 5.92. The number of imide groups is 1. The number of fused-ring (bicyclic) bond motifs is 4. The smallest absolute Gasteiger partial charge is 0.250 e. The number of carbonyl (C=O) groups excluding carboxylic acids is 3. The molecule has 3 aliphatic heterocycles. The zero-order valence-electron chi connectivity index (χ0n) is 14.6. The van der Waals surface area contributed by atoms with Crippen molar-refractivity contribution in [2.45, 2.75) is 11.6 Å². The molecule has 4 atom stereocenters. The normalized spacial score (nSPS) is 30.7. The van der Waals surface area contributed by atoms with Crippen molar-refractivity contribution in [2.24, 2.45) is 11.8 Å². The van der Waals surface area contributed by atoms with Gasteiger partial charge in [-0.05, 0) is 30.3 Å². The first-order valence-electron chi connectivity index (χ1n) is 8.92. The molecule has 28 heavy (non-hydrogen) atoms. The van der Waals surface area contributed by atoms with Gasteiger partial charge < -0.3 is 10.4 Å². The number of benzene rings is 2. The average Bonchev–Trinajstić information content (AvgIpc) is 3.28. The molecule has 0 bridgehead atoms. The van der Waals surface area contributed by atoms with Gasteiger partial charge in [0.15, 0.2) is 0 Å². The number of aliphatic hydroxyl groups is 1. The molecular formula is C20H16ClN3O4. The molecular weight excluding hydrogens is 382 g/mol. The number of para-hydroxylation sites is 1. The van der Waals surface area contributed by atoms with Gasteiger partial charge in [0.05, 0.1) is 24.1 Å². The molecule has 0 aliphatic carbocycles. The van der Waals surface area contributed by atoms with Gasteiger partial charge in [-0.25, -0.2) is 4.90 Å². The van der Waals surface area contributed by atoms with E-state index in [0.717, 1.165) is 4.90 Å². The second-order valence-corrected chi connectivity index (χ2v) is 7.67. The lowest BCUT2D eigenvalue weighted by Crippen LogP contribution is -2.53. The molecule has 142 valence electrons. The van der Waals surface area contributed by atoms with Gasteiger partial charge in [-0.3, -0.25) is 19.7 Å². The van der Waals surface area contributed by atoms with Crippen LogP contribution in [0.25, 0.3) is 0 Å². The fourth-order valence-electron chi connectivity index (χ4n) is 4.76. The Bertz CT molecular complexity index is 1020. The summed E-state index contributed by atoms with van der Waals surface area (Å²) in [6.45, 7) is -0.369. The summed E-state index contributed by atoms with van der Waals surface area (Å²) in [4.78, 5) is 40.8. The third kappa shape index (κ3) is 2.03. The largest absolute Gasteiger partial charge is 0.395 e.